The van der Waals surface area contributed by atoms with Crippen LogP contribution >= 0.6 is 0 Å². The van der Waals surface area contributed by atoms with Crippen molar-refractivity contribution < 1.29 is 19.1 Å². The maximum atomic E-state index is 13.4. The minimum absolute atomic E-state index is 0.0278. The summed E-state index contributed by atoms with van der Waals surface area (Å²) in [6.07, 6.45) is 51.7. The van der Waals surface area contributed by atoms with Crippen molar-refractivity contribution >= 4 is 23.3 Å². The SMILES string of the molecule is CCCCCCCCCOC(=O)CCCCCCCN(CCCCCCCC(=O)OC(CCCCCCCC)CCCCCCCC)c1c(NCCN(CCCCCCCC)CCCCCCCC)c(=O)c1=O. The normalized spacial score (nSPS) is 11.7. The Morgan fingerprint density at radius 3 is 1.19 bits per heavy atom. The number of rotatable bonds is 58. The van der Waals surface area contributed by atoms with E-state index in [4.69, 9.17) is 9.47 Å². The van der Waals surface area contributed by atoms with Gasteiger partial charge in [-0.2, -0.15) is 0 Å². The molecule has 1 aromatic carbocycles. The van der Waals surface area contributed by atoms with Crippen molar-refractivity contribution in [2.24, 2.45) is 0 Å². The van der Waals surface area contributed by atoms with E-state index in [0.717, 1.165) is 135 Å². The third kappa shape index (κ3) is 39.6. The molecule has 0 radical (unpaired) electrons. The molecule has 0 aliphatic rings. The summed E-state index contributed by atoms with van der Waals surface area (Å²) in [7, 11) is 0. The average Bonchev–Trinajstić information content (AvgIpc) is 3.39. The van der Waals surface area contributed by atoms with Crippen molar-refractivity contribution in [3.05, 3.63) is 20.4 Å². The van der Waals surface area contributed by atoms with Crippen molar-refractivity contribution in [3.63, 3.8) is 0 Å². The number of nitrogens with zero attached hydrogens (tertiary/aromatic N) is 2. The number of hydrogen-bond donors (Lipinski definition) is 1. The van der Waals surface area contributed by atoms with Crippen LogP contribution in [-0.2, 0) is 19.1 Å². The molecule has 0 saturated carbocycles. The molecule has 1 aromatic rings. The van der Waals surface area contributed by atoms with Gasteiger partial charge in [0.2, 0.25) is 0 Å². The van der Waals surface area contributed by atoms with E-state index in [1.165, 1.54) is 173 Å². The van der Waals surface area contributed by atoms with Crippen LogP contribution < -0.4 is 21.1 Å². The van der Waals surface area contributed by atoms with Crippen LogP contribution in [0.5, 0.6) is 0 Å². The zero-order valence-electron chi connectivity index (χ0n) is 49.2. The molecule has 9 nitrogen and oxygen atoms in total. The number of nitrogens with one attached hydrogen (secondary N) is 1. The summed E-state index contributed by atoms with van der Waals surface area (Å²) >= 11 is 0. The highest BCUT2D eigenvalue weighted by Gasteiger charge is 2.26. The zero-order chi connectivity index (χ0) is 53.1. The van der Waals surface area contributed by atoms with E-state index in [1.807, 2.05) is 0 Å². The van der Waals surface area contributed by atoms with Gasteiger partial charge in [-0.15, -0.1) is 0 Å². The van der Waals surface area contributed by atoms with Crippen molar-refractivity contribution in [1.29, 1.82) is 0 Å². The Balaban J connectivity index is 2.77. The molecule has 0 unspecified atom stereocenters. The molecule has 1 rings (SSSR count). The predicted octanol–water partition coefficient (Wildman–Crippen LogP) is 17.9. The molecular formula is C64H121N3O6. The molecule has 0 bridgehead atoms. The fraction of sp³-hybridized carbons (Fsp3) is 0.906. The minimum atomic E-state index is -0.370. The first-order valence-electron chi connectivity index (χ1n) is 32.2. The third-order valence-electron chi connectivity index (χ3n) is 15.3. The van der Waals surface area contributed by atoms with Crippen LogP contribution in [0.2, 0.25) is 0 Å². The summed E-state index contributed by atoms with van der Waals surface area (Å²) in [5, 5.41) is 3.48. The van der Waals surface area contributed by atoms with Gasteiger partial charge >= 0.3 is 11.9 Å². The van der Waals surface area contributed by atoms with Gasteiger partial charge in [0.15, 0.2) is 0 Å². The Kier molecular flexibility index (Phi) is 48.6. The van der Waals surface area contributed by atoms with Gasteiger partial charge in [-0.25, -0.2) is 0 Å². The van der Waals surface area contributed by atoms with E-state index >= 15 is 0 Å². The molecule has 0 aliphatic heterocycles. The molecule has 0 heterocycles. The maximum absolute atomic E-state index is 13.4. The van der Waals surface area contributed by atoms with Crippen molar-refractivity contribution in [2.45, 2.75) is 330 Å². The highest BCUT2D eigenvalue weighted by atomic mass is 16.5. The van der Waals surface area contributed by atoms with E-state index < -0.39 is 0 Å². The fourth-order valence-corrected chi connectivity index (χ4v) is 10.4. The monoisotopic (exact) mass is 1030 g/mol. The standard InChI is InChI=1S/C64H121N3O6/c1-6-11-16-21-26-37-46-57-72-59(68)49-40-31-27-35-44-54-67(55-45-36-28-32-41-50-60(69)73-58(47-38-29-22-17-12-7-2)48-39-30-23-18-13-8-3)62-61(63(70)64(62)71)65-51-56-66(52-42-33-24-19-14-9-4)53-43-34-25-20-15-10-5/h58,65H,6-57H2,1-5H3. The van der Waals surface area contributed by atoms with E-state index in [1.54, 1.807) is 0 Å². The number of unbranched alkanes of at least 4 members (excludes halogenated alkanes) is 34. The van der Waals surface area contributed by atoms with Gasteiger partial charge in [0.1, 0.15) is 17.5 Å². The van der Waals surface area contributed by atoms with Crippen LogP contribution in [0.4, 0.5) is 11.4 Å². The lowest BCUT2D eigenvalue weighted by molar-refractivity contribution is -0.150. The first-order valence-corrected chi connectivity index (χ1v) is 32.2. The molecule has 0 spiro atoms. The lowest BCUT2D eigenvalue weighted by Crippen LogP contribution is -2.44. The van der Waals surface area contributed by atoms with Gasteiger partial charge < -0.3 is 24.6 Å². The van der Waals surface area contributed by atoms with Crippen LogP contribution in [0, 0.1) is 0 Å². The van der Waals surface area contributed by atoms with E-state index in [9.17, 15) is 19.2 Å². The summed E-state index contributed by atoms with van der Waals surface area (Å²) in [6.45, 7) is 17.1. The molecule has 73 heavy (non-hydrogen) atoms. The molecule has 0 amide bonds. The second-order valence-electron chi connectivity index (χ2n) is 22.3. The van der Waals surface area contributed by atoms with E-state index in [-0.39, 0.29) is 28.9 Å². The topological polar surface area (TPSA) is 105 Å². The Morgan fingerprint density at radius 1 is 0.397 bits per heavy atom. The van der Waals surface area contributed by atoms with Crippen molar-refractivity contribution in [3.8, 4) is 0 Å². The fourth-order valence-electron chi connectivity index (χ4n) is 10.4. The highest BCUT2D eigenvalue weighted by Crippen LogP contribution is 2.23. The largest absolute Gasteiger partial charge is 0.466 e. The second-order valence-corrected chi connectivity index (χ2v) is 22.3. The number of esters is 2. The zero-order valence-corrected chi connectivity index (χ0v) is 49.2. The van der Waals surface area contributed by atoms with Crippen LogP contribution in [-0.4, -0.2) is 68.8 Å². The molecule has 1 N–H and O–H groups in total. The third-order valence-corrected chi connectivity index (χ3v) is 15.3. The smallest absolute Gasteiger partial charge is 0.306 e. The molecular weight excluding hydrogens is 907 g/mol. The van der Waals surface area contributed by atoms with Crippen LogP contribution in [0.15, 0.2) is 9.59 Å². The lowest BCUT2D eigenvalue weighted by atomic mass is 10.0. The average molecular weight is 1030 g/mol. The van der Waals surface area contributed by atoms with E-state index in [0.29, 0.717) is 37.4 Å². The van der Waals surface area contributed by atoms with Crippen molar-refractivity contribution in [2.75, 3.05) is 56.1 Å². The highest BCUT2D eigenvalue weighted by molar-refractivity contribution is 5.75. The van der Waals surface area contributed by atoms with Crippen LogP contribution in [0.3, 0.4) is 0 Å². The summed E-state index contributed by atoms with van der Waals surface area (Å²) in [5.74, 6) is -0.101. The first-order chi connectivity index (χ1) is 35.8. The number of hydrogen-bond acceptors (Lipinski definition) is 9. The molecule has 0 aromatic heterocycles. The van der Waals surface area contributed by atoms with Gasteiger partial charge in [0.25, 0.3) is 10.9 Å². The number of carbonyl (C=O) groups is 2. The molecule has 428 valence electrons. The Labute approximate surface area is 451 Å². The number of ether oxygens (including phenoxy) is 2. The molecule has 0 fully saturated rings. The summed E-state index contributed by atoms with van der Waals surface area (Å²) < 4.78 is 11.6. The van der Waals surface area contributed by atoms with Crippen molar-refractivity contribution in [1.82, 2.24) is 4.90 Å². The molecule has 0 atom stereocenters. The molecule has 0 saturated heterocycles. The van der Waals surface area contributed by atoms with Gasteiger partial charge in [-0.3, -0.25) is 19.2 Å². The first kappa shape index (κ1) is 68.6. The lowest BCUT2D eigenvalue weighted by Gasteiger charge is -2.29. The van der Waals surface area contributed by atoms with Gasteiger partial charge in [-0.05, 0) is 83.7 Å². The predicted molar refractivity (Wildman–Crippen MR) is 315 cm³/mol. The summed E-state index contributed by atoms with van der Waals surface area (Å²) in [5.41, 5.74) is 0.388. The Hall–Kier alpha value is -2.42. The summed E-state index contributed by atoms with van der Waals surface area (Å²) in [4.78, 5) is 56.7. The molecule has 0 aliphatic carbocycles. The van der Waals surface area contributed by atoms with Gasteiger partial charge in [0.05, 0.1) is 6.61 Å². The molecule has 9 heteroatoms. The van der Waals surface area contributed by atoms with Gasteiger partial charge in [-0.1, -0.05) is 240 Å². The Bertz CT molecular complexity index is 1410. The maximum Gasteiger partial charge on any atom is 0.306 e. The van der Waals surface area contributed by atoms with Crippen LogP contribution in [0.1, 0.15) is 324 Å². The van der Waals surface area contributed by atoms with E-state index in [2.05, 4.69) is 49.7 Å². The van der Waals surface area contributed by atoms with Gasteiger partial charge in [0, 0.05) is 39.0 Å². The quantitative estimate of drug-likeness (QED) is 0.0388. The Morgan fingerprint density at radius 2 is 0.753 bits per heavy atom. The summed E-state index contributed by atoms with van der Waals surface area (Å²) in [6, 6.07) is 0. The van der Waals surface area contributed by atoms with Crippen LogP contribution in [0.25, 0.3) is 0 Å². The second kappa shape index (κ2) is 51.7. The number of carbonyl (C=O) groups excluding carboxylic acids is 2. The number of anilines is 2. The minimum Gasteiger partial charge on any atom is -0.466 e.